The topological polar surface area (TPSA) is 38.3 Å². The van der Waals surface area contributed by atoms with Crippen molar-refractivity contribution in [3.8, 4) is 0 Å². The van der Waals surface area contributed by atoms with E-state index in [1.165, 1.54) is 32.8 Å². The van der Waals surface area contributed by atoms with Gasteiger partial charge in [-0.1, -0.05) is 12.8 Å². The molecule has 3 heteroatoms. The van der Waals surface area contributed by atoms with Crippen molar-refractivity contribution in [1.82, 2.24) is 5.32 Å². The molecular formula is C12H21NO2. The van der Waals surface area contributed by atoms with Crippen LogP contribution in [-0.2, 0) is 9.53 Å². The zero-order valence-electron chi connectivity index (χ0n) is 9.55. The van der Waals surface area contributed by atoms with E-state index >= 15 is 0 Å². The Morgan fingerprint density at radius 3 is 2.53 bits per heavy atom. The average molecular weight is 211 g/mol. The lowest BCUT2D eigenvalue weighted by atomic mass is 9.68. The Morgan fingerprint density at radius 1 is 1.40 bits per heavy atom. The maximum Gasteiger partial charge on any atom is 0.313 e. The second-order valence-electron chi connectivity index (χ2n) is 5.05. The maximum absolute atomic E-state index is 11.6. The van der Waals surface area contributed by atoms with Crippen LogP contribution < -0.4 is 5.32 Å². The number of ether oxygens (including phenoxy) is 1. The Balaban J connectivity index is 1.72. The predicted octanol–water partition coefficient (Wildman–Crippen LogP) is 1.72. The molecule has 2 saturated carbocycles. The number of hydrogen-bond acceptors (Lipinski definition) is 3. The molecule has 15 heavy (non-hydrogen) atoms. The van der Waals surface area contributed by atoms with Gasteiger partial charge >= 0.3 is 5.97 Å². The van der Waals surface area contributed by atoms with Gasteiger partial charge in [-0.3, -0.25) is 4.79 Å². The summed E-state index contributed by atoms with van der Waals surface area (Å²) in [5, 5.41) is 3.44. The van der Waals surface area contributed by atoms with E-state index < -0.39 is 0 Å². The van der Waals surface area contributed by atoms with Crippen LogP contribution in [0.2, 0.25) is 0 Å². The van der Waals surface area contributed by atoms with Gasteiger partial charge in [0.2, 0.25) is 0 Å². The minimum atomic E-state index is -0.182. The standard InChI is InChI=1S/C12H21NO2/c1-15-11(14)12(6-3-7-12)9-13-8-10-4-2-5-10/h10,13H,2-9H2,1H3. The molecule has 0 radical (unpaired) electrons. The summed E-state index contributed by atoms with van der Waals surface area (Å²) in [7, 11) is 1.49. The lowest BCUT2D eigenvalue weighted by Gasteiger charge is -2.39. The van der Waals surface area contributed by atoms with Crippen molar-refractivity contribution in [2.24, 2.45) is 11.3 Å². The molecule has 0 amide bonds. The van der Waals surface area contributed by atoms with Crippen molar-refractivity contribution in [1.29, 1.82) is 0 Å². The third-order valence-corrected chi connectivity index (χ3v) is 4.05. The highest BCUT2D eigenvalue weighted by Gasteiger charge is 2.44. The largest absolute Gasteiger partial charge is 0.469 e. The second-order valence-corrected chi connectivity index (χ2v) is 5.05. The van der Waals surface area contributed by atoms with Crippen LogP contribution in [0.1, 0.15) is 38.5 Å². The molecule has 2 aliphatic carbocycles. The van der Waals surface area contributed by atoms with Crippen molar-refractivity contribution < 1.29 is 9.53 Å². The van der Waals surface area contributed by atoms with E-state index in [1.807, 2.05) is 0 Å². The highest BCUT2D eigenvalue weighted by Crippen LogP contribution is 2.41. The number of hydrogen-bond donors (Lipinski definition) is 1. The number of carbonyl (C=O) groups excluding carboxylic acids is 1. The van der Waals surface area contributed by atoms with Crippen LogP contribution in [-0.4, -0.2) is 26.2 Å². The number of methoxy groups -OCH3 is 1. The summed E-state index contributed by atoms with van der Waals surface area (Å²) < 4.78 is 4.88. The van der Waals surface area contributed by atoms with Crippen LogP contribution in [0.5, 0.6) is 0 Å². The summed E-state index contributed by atoms with van der Waals surface area (Å²) in [5.41, 5.74) is -0.182. The quantitative estimate of drug-likeness (QED) is 0.704. The van der Waals surface area contributed by atoms with Gasteiger partial charge in [0.1, 0.15) is 0 Å². The van der Waals surface area contributed by atoms with Gasteiger partial charge in [0.25, 0.3) is 0 Å². The van der Waals surface area contributed by atoms with Gasteiger partial charge in [0.05, 0.1) is 12.5 Å². The minimum absolute atomic E-state index is 0.0186. The van der Waals surface area contributed by atoms with Crippen LogP contribution in [0.4, 0.5) is 0 Å². The number of carbonyl (C=O) groups is 1. The molecular weight excluding hydrogens is 190 g/mol. The van der Waals surface area contributed by atoms with Gasteiger partial charge in [-0.2, -0.15) is 0 Å². The van der Waals surface area contributed by atoms with E-state index in [1.54, 1.807) is 0 Å². The molecule has 0 atom stereocenters. The highest BCUT2D eigenvalue weighted by molar-refractivity contribution is 5.78. The SMILES string of the molecule is COC(=O)C1(CNCC2CCC2)CCC1. The van der Waals surface area contributed by atoms with E-state index in [-0.39, 0.29) is 11.4 Å². The number of rotatable bonds is 5. The van der Waals surface area contributed by atoms with Gasteiger partial charge in [-0.05, 0) is 38.1 Å². The lowest BCUT2D eigenvalue weighted by Crippen LogP contribution is -2.48. The molecule has 0 unspecified atom stereocenters. The van der Waals surface area contributed by atoms with Crippen molar-refractivity contribution in [3.05, 3.63) is 0 Å². The summed E-state index contributed by atoms with van der Waals surface area (Å²) >= 11 is 0. The summed E-state index contributed by atoms with van der Waals surface area (Å²) in [6.45, 7) is 1.90. The molecule has 0 aromatic rings. The fraction of sp³-hybridized carbons (Fsp3) is 0.917. The fourth-order valence-electron chi connectivity index (χ4n) is 2.49. The normalized spacial score (nSPS) is 24.1. The zero-order valence-corrected chi connectivity index (χ0v) is 9.55. The molecule has 0 aromatic carbocycles. The van der Waals surface area contributed by atoms with Gasteiger partial charge < -0.3 is 10.1 Å². The molecule has 0 aromatic heterocycles. The van der Waals surface area contributed by atoms with Crippen molar-refractivity contribution in [3.63, 3.8) is 0 Å². The Hall–Kier alpha value is -0.570. The monoisotopic (exact) mass is 211 g/mol. The molecule has 0 heterocycles. The Labute approximate surface area is 91.6 Å². The molecule has 2 fully saturated rings. The van der Waals surface area contributed by atoms with Gasteiger partial charge in [0, 0.05) is 6.54 Å². The zero-order chi connectivity index (χ0) is 10.7. The first-order chi connectivity index (χ1) is 7.27. The van der Waals surface area contributed by atoms with Crippen LogP contribution in [0.25, 0.3) is 0 Å². The predicted molar refractivity (Wildman–Crippen MR) is 58.5 cm³/mol. The van der Waals surface area contributed by atoms with Crippen LogP contribution in [0.15, 0.2) is 0 Å². The summed E-state index contributed by atoms with van der Waals surface area (Å²) in [4.78, 5) is 11.6. The third kappa shape index (κ3) is 2.17. The Bertz CT molecular complexity index is 232. The van der Waals surface area contributed by atoms with Crippen molar-refractivity contribution in [2.75, 3.05) is 20.2 Å². The molecule has 0 aliphatic heterocycles. The van der Waals surface area contributed by atoms with E-state index in [2.05, 4.69) is 5.32 Å². The van der Waals surface area contributed by atoms with E-state index in [9.17, 15) is 4.79 Å². The van der Waals surface area contributed by atoms with Gasteiger partial charge in [-0.15, -0.1) is 0 Å². The van der Waals surface area contributed by atoms with Gasteiger partial charge in [0.15, 0.2) is 0 Å². The first kappa shape index (κ1) is 10.9. The Kier molecular flexibility index (Phi) is 3.29. The molecule has 0 spiro atoms. The fourth-order valence-corrected chi connectivity index (χ4v) is 2.49. The van der Waals surface area contributed by atoms with E-state index in [0.717, 1.165) is 31.8 Å². The molecule has 0 saturated heterocycles. The molecule has 0 bridgehead atoms. The lowest BCUT2D eigenvalue weighted by molar-refractivity contribution is -0.158. The second kappa shape index (κ2) is 4.52. The smallest absolute Gasteiger partial charge is 0.313 e. The number of esters is 1. The molecule has 1 N–H and O–H groups in total. The molecule has 3 nitrogen and oxygen atoms in total. The molecule has 2 aliphatic rings. The molecule has 2 rings (SSSR count). The van der Waals surface area contributed by atoms with E-state index in [4.69, 9.17) is 4.74 Å². The first-order valence-corrected chi connectivity index (χ1v) is 6.06. The summed E-state index contributed by atoms with van der Waals surface area (Å²) in [6, 6.07) is 0. The van der Waals surface area contributed by atoms with Crippen LogP contribution >= 0.6 is 0 Å². The highest BCUT2D eigenvalue weighted by atomic mass is 16.5. The average Bonchev–Trinajstić information content (AvgIpc) is 2.11. The Morgan fingerprint density at radius 2 is 2.13 bits per heavy atom. The van der Waals surface area contributed by atoms with Crippen LogP contribution in [0.3, 0.4) is 0 Å². The van der Waals surface area contributed by atoms with Gasteiger partial charge in [-0.25, -0.2) is 0 Å². The van der Waals surface area contributed by atoms with Crippen LogP contribution in [0, 0.1) is 11.3 Å². The van der Waals surface area contributed by atoms with Crippen molar-refractivity contribution >= 4 is 5.97 Å². The maximum atomic E-state index is 11.6. The summed E-state index contributed by atoms with van der Waals surface area (Å²) in [6.07, 6.45) is 7.26. The van der Waals surface area contributed by atoms with Crippen molar-refractivity contribution in [2.45, 2.75) is 38.5 Å². The first-order valence-electron chi connectivity index (χ1n) is 6.06. The third-order valence-electron chi connectivity index (χ3n) is 4.05. The number of nitrogens with one attached hydrogen (secondary N) is 1. The van der Waals surface area contributed by atoms with E-state index in [0.29, 0.717) is 0 Å². The minimum Gasteiger partial charge on any atom is -0.469 e. The molecule has 86 valence electrons. The summed E-state index contributed by atoms with van der Waals surface area (Å²) in [5.74, 6) is 0.842.